The van der Waals surface area contributed by atoms with Gasteiger partial charge in [0, 0.05) is 73.0 Å². The number of aromatic amines is 1. The number of carboxylic acid groups (broad SMARTS) is 1. The van der Waals surface area contributed by atoms with Crippen molar-refractivity contribution in [1.29, 1.82) is 0 Å². The van der Waals surface area contributed by atoms with Gasteiger partial charge < -0.3 is 83.9 Å². The van der Waals surface area contributed by atoms with Crippen molar-refractivity contribution in [3.8, 4) is 0 Å². The summed E-state index contributed by atoms with van der Waals surface area (Å²) in [5.41, 5.74) is 8.01. The van der Waals surface area contributed by atoms with Crippen molar-refractivity contribution in [3.05, 3.63) is 83.9 Å². The standard InChI is InChI=1S/C63H84N16O15S4/c1-3-5-16-40-61(91)78-20-11-19-50(78)60(90)77-48(63(93)94)32-98-97-31-47-58(88)74-44(28-80)55(85)73-43(24-36-27-65-33-67-36)62(92)79-21-12-18-49(79)59(89)69-38(4-2)52(82)75-46(30-96-95-29-45(56(86)76-47)68-51(81)25-64)57(87)71-41(22-34-13-7-6-8-14-34)53(83)72-42(54(84)70-40)23-35-26-66-39-17-10-9-15-37(35)39/h6-10,13-15,17,26-27,33,35,38,40-50,80H,3-5,11-12,16,18-25,28-32,64H2,1-2H3,(H,65,67)(H,68,81)(H,69,89)(H,70,84)(H,71,87)(H,72,83)(H,73,85)(H,74,88)(H,75,82)(H,76,86)(H,77,90)(H,93,94)/t35?,38-,40-,41-,42-,43-,44-,45-,46-,47-,48-,49-,50-/m0/s1. The number of amides is 12. The number of carboxylic acids is 1. The first kappa shape index (κ1) is 75.5. The van der Waals surface area contributed by atoms with Gasteiger partial charge in [0.1, 0.15) is 72.5 Å². The molecule has 0 radical (unpaired) electrons. The van der Waals surface area contributed by atoms with Gasteiger partial charge in [-0.3, -0.25) is 62.5 Å². The minimum absolute atomic E-state index is 0.0279. The van der Waals surface area contributed by atoms with Crippen molar-refractivity contribution in [1.82, 2.24) is 72.9 Å². The molecule has 31 nitrogen and oxygen atoms in total. The zero-order valence-corrected chi connectivity index (χ0v) is 57.3. The van der Waals surface area contributed by atoms with Gasteiger partial charge in [-0.1, -0.05) is 118 Å². The molecule has 15 N–H and O–H groups in total. The minimum Gasteiger partial charge on any atom is -0.480 e. The van der Waals surface area contributed by atoms with Gasteiger partial charge in [0.15, 0.2) is 0 Å². The molecule has 8 rings (SSSR count). The lowest BCUT2D eigenvalue weighted by Crippen LogP contribution is -2.61. The molecular weight excluding hydrogens is 1350 g/mol. The van der Waals surface area contributed by atoms with E-state index in [2.05, 4.69) is 68.1 Å². The van der Waals surface area contributed by atoms with E-state index in [0.717, 1.165) is 48.7 Å². The van der Waals surface area contributed by atoms with Crippen LogP contribution in [0.3, 0.4) is 0 Å². The zero-order valence-electron chi connectivity index (χ0n) is 54.1. The first-order valence-corrected chi connectivity index (χ1v) is 37.5. The number of carbonyl (C=O) groups is 13. The number of nitrogens with one attached hydrogen (secondary N) is 11. The van der Waals surface area contributed by atoms with Gasteiger partial charge in [-0.25, -0.2) is 9.78 Å². The average Bonchev–Trinajstić information content (AvgIpc) is 1.63. The molecular formula is C63H84N16O15S4. The van der Waals surface area contributed by atoms with E-state index in [-0.39, 0.29) is 75.3 Å². The number of hydrogen-bond donors (Lipinski definition) is 14. The molecule has 35 heteroatoms. The van der Waals surface area contributed by atoms with Crippen molar-refractivity contribution in [2.24, 2.45) is 10.7 Å². The Kier molecular flexibility index (Phi) is 28.6. The molecule has 13 atom stereocenters. The van der Waals surface area contributed by atoms with Gasteiger partial charge in [0.05, 0.1) is 25.2 Å². The van der Waals surface area contributed by atoms with Gasteiger partial charge in [-0.2, -0.15) is 0 Å². The molecule has 530 valence electrons. The van der Waals surface area contributed by atoms with E-state index >= 15 is 14.4 Å². The van der Waals surface area contributed by atoms with Crippen LogP contribution in [0, 0.1) is 0 Å². The SMILES string of the molecule is CCCC[C@@H]1NC(=O)[C@H](CC2C=Nc3ccccc32)NC(=O)[C@H](Cc2ccccc2)NC(=O)[C@@H]2CSSC[C@H](NC(=O)CN)C(=O)N[C@@H](CSSC[C@@H](C(=O)O)NC(=O)[C@@H]3CCCN3C1=O)C(=O)N[C@@H](CO)C(=O)N[C@@H](Cc1cnc[nH]1)C(=O)N1CCC[C@H]1C(=O)N[C@@H](CC)C(=O)N2. The summed E-state index contributed by atoms with van der Waals surface area (Å²) in [6, 6.07) is -1.62. The predicted molar refractivity (Wildman–Crippen MR) is 367 cm³/mol. The van der Waals surface area contributed by atoms with Crippen LogP contribution in [0.1, 0.15) is 94.4 Å². The number of nitrogens with zero attached hydrogens (tertiary/aromatic N) is 4. The molecule has 3 aromatic rings. The van der Waals surface area contributed by atoms with E-state index in [0.29, 0.717) is 42.6 Å². The predicted octanol–water partition coefficient (Wildman–Crippen LogP) is -1.66. The maximum Gasteiger partial charge on any atom is 0.327 e. The number of carbonyl (C=O) groups excluding carboxylic acids is 12. The second-order valence-electron chi connectivity index (χ2n) is 24.1. The maximum atomic E-state index is 15.3. The lowest BCUT2D eigenvalue weighted by molar-refractivity contribution is -0.144. The monoisotopic (exact) mass is 1430 g/mol. The summed E-state index contributed by atoms with van der Waals surface area (Å²) in [6.45, 7) is 1.93. The Hall–Kier alpha value is -8.25. The molecule has 1 aromatic heterocycles. The van der Waals surface area contributed by atoms with Crippen LogP contribution in [-0.2, 0) is 75.2 Å². The van der Waals surface area contributed by atoms with E-state index < -0.39 is 174 Å². The number of aliphatic hydroxyl groups is 1. The van der Waals surface area contributed by atoms with Crippen molar-refractivity contribution in [3.63, 3.8) is 0 Å². The number of fused-ring (bicyclic) bond motifs is 11. The van der Waals surface area contributed by atoms with Gasteiger partial charge in [-0.15, -0.1) is 0 Å². The average molecular weight is 1430 g/mol. The third kappa shape index (κ3) is 20.7. The van der Waals surface area contributed by atoms with Crippen LogP contribution in [0.4, 0.5) is 5.69 Å². The van der Waals surface area contributed by atoms with Gasteiger partial charge in [0.25, 0.3) is 0 Å². The summed E-state index contributed by atoms with van der Waals surface area (Å²) in [5.74, 6) is -13.7. The number of rotatable bonds is 14. The lowest BCUT2D eigenvalue weighted by atomic mass is 9.93. The van der Waals surface area contributed by atoms with Gasteiger partial charge >= 0.3 is 5.97 Å². The molecule has 5 aliphatic heterocycles. The summed E-state index contributed by atoms with van der Waals surface area (Å²) >= 11 is 0. The fourth-order valence-electron chi connectivity index (χ4n) is 11.8. The molecule has 4 saturated heterocycles. The Bertz CT molecular complexity index is 3390. The normalized spacial score (nSPS) is 28.1. The molecule has 4 fully saturated rings. The highest BCUT2D eigenvalue weighted by molar-refractivity contribution is 8.77. The number of imidazole rings is 1. The van der Waals surface area contributed by atoms with Crippen molar-refractivity contribution in [2.75, 3.05) is 49.3 Å². The third-order valence-electron chi connectivity index (χ3n) is 17.2. The number of aromatic nitrogens is 2. The quantitative estimate of drug-likeness (QED) is 0.0803. The number of hydrogen-bond acceptors (Lipinski definition) is 21. The summed E-state index contributed by atoms with van der Waals surface area (Å²) in [5, 5.41) is 47.9. The summed E-state index contributed by atoms with van der Waals surface area (Å²) in [4.78, 5) is 202. The Morgan fingerprint density at radius 2 is 1.15 bits per heavy atom. The third-order valence-corrected chi connectivity index (χ3v) is 22.0. The fraction of sp³-hybridized carbons (Fsp3) is 0.540. The van der Waals surface area contributed by atoms with Crippen LogP contribution in [0.5, 0.6) is 0 Å². The first-order chi connectivity index (χ1) is 47.2. The summed E-state index contributed by atoms with van der Waals surface area (Å²) in [7, 11) is 3.61. The van der Waals surface area contributed by atoms with Crippen molar-refractivity contribution < 1.29 is 72.5 Å². The lowest BCUT2D eigenvalue weighted by Gasteiger charge is -2.31. The minimum atomic E-state index is -1.80. The number of aliphatic imine (C=N–C) groups is 1. The highest BCUT2D eigenvalue weighted by Crippen LogP contribution is 2.35. The van der Waals surface area contributed by atoms with E-state index in [9.17, 15) is 58.2 Å². The van der Waals surface area contributed by atoms with E-state index in [1.165, 1.54) is 22.3 Å². The Balaban J connectivity index is 1.21. The number of unbranched alkanes of at least 4 members (excludes halogenated alkanes) is 1. The number of aliphatic carboxylic acids is 1. The maximum absolute atomic E-state index is 15.3. The molecule has 98 heavy (non-hydrogen) atoms. The van der Waals surface area contributed by atoms with E-state index in [1.807, 2.05) is 13.0 Å². The number of nitrogens with two attached hydrogens (primary N) is 1. The Morgan fingerprint density at radius 1 is 0.602 bits per heavy atom. The van der Waals surface area contributed by atoms with Crippen molar-refractivity contribution >= 4 is 132 Å². The first-order valence-electron chi connectivity index (χ1n) is 32.5. The molecule has 5 aliphatic rings. The van der Waals surface area contributed by atoms with Crippen LogP contribution < -0.4 is 58.9 Å². The topological polar surface area (TPSA) is 456 Å². The summed E-state index contributed by atoms with van der Waals surface area (Å²) in [6.07, 6.45) is 5.87. The smallest absolute Gasteiger partial charge is 0.327 e. The van der Waals surface area contributed by atoms with Crippen LogP contribution >= 0.6 is 43.2 Å². The van der Waals surface area contributed by atoms with Crippen LogP contribution in [0.2, 0.25) is 0 Å². The molecule has 0 spiro atoms. The zero-order chi connectivity index (χ0) is 70.4. The van der Waals surface area contributed by atoms with Crippen LogP contribution in [0.25, 0.3) is 0 Å². The van der Waals surface area contributed by atoms with Crippen molar-refractivity contribution in [2.45, 2.75) is 163 Å². The molecule has 12 amide bonds. The molecule has 1 unspecified atom stereocenters. The fourth-order valence-corrected chi connectivity index (χ4v) is 16.5. The number of benzene rings is 2. The summed E-state index contributed by atoms with van der Waals surface area (Å²) < 4.78 is 0. The van der Waals surface area contributed by atoms with Gasteiger partial charge in [0.2, 0.25) is 70.9 Å². The highest BCUT2D eigenvalue weighted by Gasteiger charge is 2.43. The Morgan fingerprint density at radius 3 is 1.79 bits per heavy atom. The second kappa shape index (κ2) is 37.1. The number of para-hydroxylation sites is 1. The number of H-pyrrole nitrogens is 1. The highest BCUT2D eigenvalue weighted by atomic mass is 33.1. The molecule has 2 aromatic carbocycles. The van der Waals surface area contributed by atoms with E-state index in [4.69, 9.17) is 5.73 Å². The molecule has 6 heterocycles. The van der Waals surface area contributed by atoms with Crippen LogP contribution in [0.15, 0.2) is 72.1 Å². The molecule has 0 aliphatic carbocycles. The molecule has 2 bridgehead atoms. The van der Waals surface area contributed by atoms with Gasteiger partial charge in [-0.05, 0) is 62.1 Å². The number of aliphatic hydroxyl groups excluding tert-OH is 1. The molecule has 0 saturated carbocycles. The second-order valence-corrected chi connectivity index (χ2v) is 29.2. The Labute approximate surface area is 581 Å². The van der Waals surface area contributed by atoms with Crippen LogP contribution in [-0.4, -0.2) is 235 Å². The largest absolute Gasteiger partial charge is 0.480 e. The van der Waals surface area contributed by atoms with E-state index in [1.54, 1.807) is 61.7 Å².